The second kappa shape index (κ2) is 13.9. The number of hydrogen-bond acceptors (Lipinski definition) is 3. The molecule has 264 valence electrons. The maximum absolute atomic E-state index is 4.94. The minimum atomic E-state index is -0.0337. The first-order valence-corrected chi connectivity index (χ1v) is 19.0. The van der Waals surface area contributed by atoms with Gasteiger partial charge in [-0.25, -0.2) is 15.0 Å². The molecule has 0 aliphatic heterocycles. The van der Waals surface area contributed by atoms with Crippen molar-refractivity contribution in [2.24, 2.45) is 0 Å². The van der Waals surface area contributed by atoms with Gasteiger partial charge in [-0.15, -0.1) is 0 Å². The molecule has 1 heterocycles. The summed E-state index contributed by atoms with van der Waals surface area (Å²) in [5.41, 5.74) is 15.5. The van der Waals surface area contributed by atoms with Crippen LogP contribution < -0.4 is 0 Å². The lowest BCUT2D eigenvalue weighted by Crippen LogP contribution is -2.14. The Morgan fingerprint density at radius 2 is 1.02 bits per heavy atom. The number of rotatable bonds is 7. The van der Waals surface area contributed by atoms with Crippen molar-refractivity contribution in [1.82, 2.24) is 15.0 Å². The van der Waals surface area contributed by atoms with Gasteiger partial charge in [0.15, 0.2) is 17.5 Å². The average Bonchev–Trinajstić information content (AvgIpc) is 3.48. The van der Waals surface area contributed by atoms with E-state index in [9.17, 15) is 0 Å². The van der Waals surface area contributed by atoms with E-state index in [4.69, 9.17) is 15.0 Å². The fourth-order valence-corrected chi connectivity index (χ4v) is 8.09. The van der Waals surface area contributed by atoms with E-state index in [-0.39, 0.29) is 5.41 Å². The van der Waals surface area contributed by atoms with Gasteiger partial charge in [-0.2, -0.15) is 0 Å². The second-order valence-corrected chi connectivity index (χ2v) is 14.7. The summed E-state index contributed by atoms with van der Waals surface area (Å²) in [6.45, 7) is 8.70. The third kappa shape index (κ3) is 6.18. The summed E-state index contributed by atoms with van der Waals surface area (Å²) in [7, 11) is 0. The van der Waals surface area contributed by atoms with Crippen molar-refractivity contribution < 1.29 is 0 Å². The fourth-order valence-electron chi connectivity index (χ4n) is 8.09. The standard InChI is InChI=1S/C52H41N3/c1-5-14-34(6-2)49-53-50(37-15-8-7-9-16-37)55-51(54-49)38-26-23-36(24-27-38)43-21-13-17-35-25-28-41(32-46(35)43)39-18-12-19-40(31-39)42-29-30-45-44-20-10-11-22-47(44)52(3,4)48(45)33-42/h5-33H,1-4H3/b14-5-,34-6+. The minimum Gasteiger partial charge on any atom is -0.208 e. The largest absolute Gasteiger partial charge is 0.208 e. The zero-order chi connectivity index (χ0) is 37.5. The molecule has 8 aromatic rings. The first-order chi connectivity index (χ1) is 26.9. The normalized spacial score (nSPS) is 13.3. The number of nitrogens with zero attached hydrogens (tertiary/aromatic N) is 3. The minimum absolute atomic E-state index is 0.0337. The van der Waals surface area contributed by atoms with Crippen molar-refractivity contribution >= 4 is 16.3 Å². The lowest BCUT2D eigenvalue weighted by molar-refractivity contribution is 0.660. The molecule has 7 aromatic carbocycles. The van der Waals surface area contributed by atoms with Crippen molar-refractivity contribution in [3.63, 3.8) is 0 Å². The number of allylic oxidation sites excluding steroid dienone is 4. The van der Waals surface area contributed by atoms with Gasteiger partial charge in [-0.3, -0.25) is 0 Å². The van der Waals surface area contributed by atoms with E-state index in [0.717, 1.165) is 22.3 Å². The SMILES string of the molecule is C/C=C\C(=C/C)c1nc(-c2ccccc2)nc(-c2ccc(-c3cccc4ccc(-c5cccc(-c6ccc7c(c6)C(C)(C)c6ccccc6-7)c5)cc34)cc2)n1. The van der Waals surface area contributed by atoms with Crippen LogP contribution in [0.5, 0.6) is 0 Å². The Balaban J connectivity index is 1.06. The molecule has 0 N–H and O–H groups in total. The summed E-state index contributed by atoms with van der Waals surface area (Å²) in [4.78, 5) is 14.7. The molecule has 55 heavy (non-hydrogen) atoms. The molecule has 1 aliphatic rings. The molecule has 3 nitrogen and oxygen atoms in total. The summed E-state index contributed by atoms with van der Waals surface area (Å²) >= 11 is 0. The van der Waals surface area contributed by atoms with Crippen LogP contribution in [0, 0.1) is 0 Å². The van der Waals surface area contributed by atoms with Crippen LogP contribution in [0.25, 0.3) is 83.6 Å². The lowest BCUT2D eigenvalue weighted by Gasteiger charge is -2.22. The van der Waals surface area contributed by atoms with Crippen LogP contribution >= 0.6 is 0 Å². The smallest absolute Gasteiger partial charge is 0.164 e. The topological polar surface area (TPSA) is 38.7 Å². The number of benzene rings is 7. The van der Waals surface area contributed by atoms with Crippen LogP contribution in [0.3, 0.4) is 0 Å². The molecule has 0 fully saturated rings. The summed E-state index contributed by atoms with van der Waals surface area (Å²) in [5, 5.41) is 2.42. The van der Waals surface area contributed by atoms with E-state index >= 15 is 0 Å². The van der Waals surface area contributed by atoms with E-state index in [1.165, 1.54) is 60.8 Å². The highest BCUT2D eigenvalue weighted by Crippen LogP contribution is 2.49. The number of fused-ring (bicyclic) bond motifs is 4. The zero-order valence-electron chi connectivity index (χ0n) is 31.6. The van der Waals surface area contributed by atoms with Crippen LogP contribution in [0.4, 0.5) is 0 Å². The maximum Gasteiger partial charge on any atom is 0.164 e. The molecule has 0 radical (unpaired) electrons. The van der Waals surface area contributed by atoms with Crippen LogP contribution in [0.1, 0.15) is 44.6 Å². The van der Waals surface area contributed by atoms with Crippen molar-refractivity contribution in [2.45, 2.75) is 33.1 Å². The second-order valence-electron chi connectivity index (χ2n) is 14.7. The highest BCUT2D eigenvalue weighted by atomic mass is 15.0. The molecule has 0 spiro atoms. The van der Waals surface area contributed by atoms with Gasteiger partial charge in [0.2, 0.25) is 0 Å². The van der Waals surface area contributed by atoms with E-state index in [1.54, 1.807) is 0 Å². The third-order valence-corrected chi connectivity index (χ3v) is 11.0. The van der Waals surface area contributed by atoms with Crippen molar-refractivity contribution in [2.75, 3.05) is 0 Å². The molecule has 3 heteroatoms. The summed E-state index contributed by atoms with van der Waals surface area (Å²) in [5.74, 6) is 1.96. The maximum atomic E-state index is 4.94. The van der Waals surface area contributed by atoms with Gasteiger partial charge in [0.05, 0.1) is 0 Å². The van der Waals surface area contributed by atoms with Crippen LogP contribution in [-0.2, 0) is 5.41 Å². The Kier molecular flexibility index (Phi) is 8.63. The molecule has 9 rings (SSSR count). The molecule has 0 unspecified atom stereocenters. The number of aromatic nitrogens is 3. The number of hydrogen-bond donors (Lipinski definition) is 0. The molecule has 0 saturated carbocycles. The van der Waals surface area contributed by atoms with Crippen molar-refractivity contribution in [3.05, 3.63) is 193 Å². The van der Waals surface area contributed by atoms with Crippen LogP contribution in [0.15, 0.2) is 176 Å². The molecule has 0 amide bonds. The van der Waals surface area contributed by atoms with Gasteiger partial charge >= 0.3 is 0 Å². The Bertz CT molecular complexity index is 2790. The summed E-state index contributed by atoms with van der Waals surface area (Å²) in [6.07, 6.45) is 6.08. The van der Waals surface area contributed by atoms with Gasteiger partial charge in [-0.1, -0.05) is 172 Å². The van der Waals surface area contributed by atoms with Crippen LogP contribution in [-0.4, -0.2) is 15.0 Å². The molecule has 1 aromatic heterocycles. The Morgan fingerprint density at radius 3 is 1.76 bits per heavy atom. The van der Waals surface area contributed by atoms with Crippen molar-refractivity contribution in [1.29, 1.82) is 0 Å². The summed E-state index contributed by atoms with van der Waals surface area (Å²) in [6, 6.07) is 56.8. The third-order valence-electron chi connectivity index (χ3n) is 11.0. The van der Waals surface area contributed by atoms with Gasteiger partial charge in [0.25, 0.3) is 0 Å². The zero-order valence-corrected chi connectivity index (χ0v) is 31.6. The summed E-state index contributed by atoms with van der Waals surface area (Å²) < 4.78 is 0. The first kappa shape index (κ1) is 34.1. The monoisotopic (exact) mass is 707 g/mol. The van der Waals surface area contributed by atoms with E-state index in [0.29, 0.717) is 17.5 Å². The molecular weight excluding hydrogens is 667 g/mol. The van der Waals surface area contributed by atoms with E-state index in [2.05, 4.69) is 141 Å². The predicted molar refractivity (Wildman–Crippen MR) is 231 cm³/mol. The Labute approximate surface area is 323 Å². The highest BCUT2D eigenvalue weighted by Gasteiger charge is 2.35. The van der Waals surface area contributed by atoms with Crippen LogP contribution in [0.2, 0.25) is 0 Å². The van der Waals surface area contributed by atoms with Gasteiger partial charge in [-0.05, 0) is 98.5 Å². The highest BCUT2D eigenvalue weighted by molar-refractivity contribution is 5.99. The van der Waals surface area contributed by atoms with Gasteiger partial charge in [0, 0.05) is 22.1 Å². The molecule has 0 bridgehead atoms. The Hall–Kier alpha value is -6.71. The van der Waals surface area contributed by atoms with Gasteiger partial charge in [0.1, 0.15) is 0 Å². The average molecular weight is 708 g/mol. The predicted octanol–water partition coefficient (Wildman–Crippen LogP) is 13.6. The van der Waals surface area contributed by atoms with E-state index in [1.807, 2.05) is 62.4 Å². The van der Waals surface area contributed by atoms with E-state index < -0.39 is 0 Å². The first-order valence-electron chi connectivity index (χ1n) is 19.0. The fraction of sp³-hybridized carbons (Fsp3) is 0.0962. The lowest BCUT2D eigenvalue weighted by atomic mass is 9.81. The van der Waals surface area contributed by atoms with Crippen molar-refractivity contribution in [3.8, 4) is 67.3 Å². The molecular formula is C52H41N3. The molecule has 0 atom stereocenters. The van der Waals surface area contributed by atoms with Gasteiger partial charge < -0.3 is 0 Å². The Morgan fingerprint density at radius 1 is 0.455 bits per heavy atom. The molecule has 0 saturated heterocycles. The quantitative estimate of drug-likeness (QED) is 0.155. The molecule has 1 aliphatic carbocycles.